The zero-order chi connectivity index (χ0) is 14.7. The Hall–Kier alpha value is -1.17. The van der Waals surface area contributed by atoms with Crippen molar-refractivity contribution in [2.75, 3.05) is 5.32 Å². The van der Waals surface area contributed by atoms with E-state index in [0.29, 0.717) is 0 Å². The van der Waals surface area contributed by atoms with Gasteiger partial charge in [-0.2, -0.15) is 0 Å². The molecule has 0 atom stereocenters. The Bertz CT molecular complexity index is 664. The molecule has 0 aliphatic rings. The highest BCUT2D eigenvalue weighted by Crippen LogP contribution is 2.23. The molecule has 4 nitrogen and oxygen atoms in total. The first-order chi connectivity index (χ1) is 9.51. The smallest absolute Gasteiger partial charge is 0.258 e. The minimum absolute atomic E-state index is 0.0158. The quantitative estimate of drug-likeness (QED) is 0.868. The molecule has 0 aliphatic carbocycles. The highest BCUT2D eigenvalue weighted by Gasteiger charge is 2.14. The molecule has 1 amide bonds. The second kappa shape index (κ2) is 6.52. The molecule has 1 N–H and O–H groups in total. The standard InChI is InChI=1S/C13H10BrCl2N3O/c1-2-7-5-8(14)3-4-10(7)17-13(20)9-6-11(15)18-19-12(9)16/h3-6H,2H2,1H3,(H,17,20). The van der Waals surface area contributed by atoms with E-state index in [-0.39, 0.29) is 21.8 Å². The average Bonchev–Trinajstić information content (AvgIpc) is 2.43. The van der Waals surface area contributed by atoms with E-state index in [9.17, 15) is 4.79 Å². The van der Waals surface area contributed by atoms with Gasteiger partial charge in [0, 0.05) is 10.2 Å². The lowest BCUT2D eigenvalue weighted by Gasteiger charge is -2.11. The molecule has 1 aromatic carbocycles. The highest BCUT2D eigenvalue weighted by atomic mass is 79.9. The zero-order valence-electron chi connectivity index (χ0n) is 10.5. The highest BCUT2D eigenvalue weighted by molar-refractivity contribution is 9.10. The van der Waals surface area contributed by atoms with Gasteiger partial charge in [-0.15, -0.1) is 10.2 Å². The number of hydrogen-bond donors (Lipinski definition) is 1. The van der Waals surface area contributed by atoms with Crippen LogP contribution >= 0.6 is 39.1 Å². The van der Waals surface area contributed by atoms with Gasteiger partial charge in [-0.25, -0.2) is 0 Å². The number of carbonyl (C=O) groups is 1. The predicted molar refractivity (Wildman–Crippen MR) is 83.5 cm³/mol. The second-order valence-electron chi connectivity index (χ2n) is 3.98. The van der Waals surface area contributed by atoms with E-state index in [4.69, 9.17) is 23.2 Å². The largest absolute Gasteiger partial charge is 0.322 e. The molecule has 0 unspecified atom stereocenters. The van der Waals surface area contributed by atoms with Crippen LogP contribution in [0.5, 0.6) is 0 Å². The van der Waals surface area contributed by atoms with Crippen molar-refractivity contribution in [1.29, 1.82) is 0 Å². The molecule has 2 aromatic rings. The van der Waals surface area contributed by atoms with Crippen LogP contribution in [0.1, 0.15) is 22.8 Å². The van der Waals surface area contributed by atoms with Crippen molar-refractivity contribution in [3.05, 3.63) is 50.2 Å². The summed E-state index contributed by atoms with van der Waals surface area (Å²) in [5, 5.41) is 10.1. The van der Waals surface area contributed by atoms with E-state index in [1.807, 2.05) is 25.1 Å². The summed E-state index contributed by atoms with van der Waals surface area (Å²) < 4.78 is 0.957. The van der Waals surface area contributed by atoms with E-state index in [0.717, 1.165) is 22.1 Å². The van der Waals surface area contributed by atoms with Gasteiger partial charge < -0.3 is 5.32 Å². The van der Waals surface area contributed by atoms with Crippen LogP contribution < -0.4 is 5.32 Å². The van der Waals surface area contributed by atoms with Gasteiger partial charge in [-0.3, -0.25) is 4.79 Å². The summed E-state index contributed by atoms with van der Waals surface area (Å²) in [7, 11) is 0. The van der Waals surface area contributed by atoms with E-state index in [1.165, 1.54) is 6.07 Å². The molecule has 0 aliphatic heterocycles. The molecule has 0 saturated heterocycles. The molecular formula is C13H10BrCl2N3O. The van der Waals surface area contributed by atoms with Crippen LogP contribution in [0.4, 0.5) is 5.69 Å². The lowest BCUT2D eigenvalue weighted by Crippen LogP contribution is -2.14. The van der Waals surface area contributed by atoms with Crippen LogP contribution in [0.2, 0.25) is 10.3 Å². The monoisotopic (exact) mass is 373 g/mol. The Morgan fingerprint density at radius 1 is 1.30 bits per heavy atom. The summed E-state index contributed by atoms with van der Waals surface area (Å²) in [5.41, 5.74) is 1.93. The van der Waals surface area contributed by atoms with E-state index in [1.54, 1.807) is 0 Å². The lowest BCUT2D eigenvalue weighted by atomic mass is 10.1. The SMILES string of the molecule is CCc1cc(Br)ccc1NC(=O)c1cc(Cl)nnc1Cl. The van der Waals surface area contributed by atoms with Crippen molar-refractivity contribution in [3.63, 3.8) is 0 Å². The van der Waals surface area contributed by atoms with Crippen molar-refractivity contribution >= 4 is 50.7 Å². The van der Waals surface area contributed by atoms with Gasteiger partial charge in [0.25, 0.3) is 5.91 Å². The summed E-state index contributed by atoms with van der Waals surface area (Å²) in [6, 6.07) is 7.02. The van der Waals surface area contributed by atoms with E-state index < -0.39 is 0 Å². The van der Waals surface area contributed by atoms with Crippen LogP contribution in [0, 0.1) is 0 Å². The first-order valence-electron chi connectivity index (χ1n) is 5.79. The number of hydrogen-bond acceptors (Lipinski definition) is 3. The number of aromatic nitrogens is 2. The van der Waals surface area contributed by atoms with Crippen molar-refractivity contribution in [3.8, 4) is 0 Å². The van der Waals surface area contributed by atoms with Gasteiger partial charge >= 0.3 is 0 Å². The van der Waals surface area contributed by atoms with Gasteiger partial charge in [-0.05, 0) is 36.2 Å². The second-order valence-corrected chi connectivity index (χ2v) is 5.64. The summed E-state index contributed by atoms with van der Waals surface area (Å²) in [6.45, 7) is 2.01. The molecule has 0 saturated carbocycles. The van der Waals surface area contributed by atoms with Crippen LogP contribution in [0.15, 0.2) is 28.7 Å². The minimum atomic E-state index is -0.371. The molecule has 0 spiro atoms. The fraction of sp³-hybridized carbons (Fsp3) is 0.154. The molecule has 7 heteroatoms. The van der Waals surface area contributed by atoms with Crippen molar-refractivity contribution < 1.29 is 4.79 Å². The molecule has 0 bridgehead atoms. The predicted octanol–water partition coefficient (Wildman–Crippen LogP) is 4.36. The van der Waals surface area contributed by atoms with E-state index in [2.05, 4.69) is 31.4 Å². The van der Waals surface area contributed by atoms with Crippen molar-refractivity contribution in [2.24, 2.45) is 0 Å². The average molecular weight is 375 g/mol. The summed E-state index contributed by atoms with van der Waals surface area (Å²) in [5.74, 6) is -0.371. The summed E-state index contributed by atoms with van der Waals surface area (Å²) >= 11 is 15.0. The third-order valence-electron chi connectivity index (χ3n) is 2.66. The number of carbonyl (C=O) groups excluding carboxylic acids is 1. The van der Waals surface area contributed by atoms with Crippen LogP contribution in [-0.4, -0.2) is 16.1 Å². The molecule has 104 valence electrons. The number of aryl methyl sites for hydroxylation is 1. The first-order valence-corrected chi connectivity index (χ1v) is 7.34. The normalized spacial score (nSPS) is 10.4. The van der Waals surface area contributed by atoms with Gasteiger partial charge in [0.2, 0.25) is 0 Å². The number of amides is 1. The Morgan fingerprint density at radius 3 is 2.75 bits per heavy atom. The molecule has 1 aromatic heterocycles. The fourth-order valence-electron chi connectivity index (χ4n) is 1.68. The third-order valence-corrected chi connectivity index (χ3v) is 3.62. The third kappa shape index (κ3) is 3.48. The molecular weight excluding hydrogens is 365 g/mol. The van der Waals surface area contributed by atoms with Crippen molar-refractivity contribution in [2.45, 2.75) is 13.3 Å². The van der Waals surface area contributed by atoms with Crippen LogP contribution in [0.25, 0.3) is 0 Å². The molecule has 0 radical (unpaired) electrons. The zero-order valence-corrected chi connectivity index (χ0v) is 13.6. The number of benzene rings is 1. The number of nitrogens with one attached hydrogen (secondary N) is 1. The minimum Gasteiger partial charge on any atom is -0.322 e. The number of halogens is 3. The van der Waals surface area contributed by atoms with Crippen LogP contribution in [-0.2, 0) is 6.42 Å². The Kier molecular flexibility index (Phi) is 4.96. The summed E-state index contributed by atoms with van der Waals surface area (Å²) in [6.07, 6.45) is 0.790. The fourth-order valence-corrected chi connectivity index (χ4v) is 2.41. The first kappa shape index (κ1) is 15.2. The Balaban J connectivity index is 2.30. The van der Waals surface area contributed by atoms with Gasteiger partial charge in [0.15, 0.2) is 10.3 Å². The van der Waals surface area contributed by atoms with Crippen molar-refractivity contribution in [1.82, 2.24) is 10.2 Å². The van der Waals surface area contributed by atoms with Gasteiger partial charge in [0.05, 0.1) is 5.56 Å². The van der Waals surface area contributed by atoms with E-state index >= 15 is 0 Å². The van der Waals surface area contributed by atoms with Gasteiger partial charge in [0.1, 0.15) is 0 Å². The summed E-state index contributed by atoms with van der Waals surface area (Å²) in [4.78, 5) is 12.2. The Labute approximate surface area is 134 Å². The Morgan fingerprint density at radius 2 is 2.05 bits per heavy atom. The maximum absolute atomic E-state index is 12.2. The number of anilines is 1. The van der Waals surface area contributed by atoms with Crippen LogP contribution in [0.3, 0.4) is 0 Å². The van der Waals surface area contributed by atoms with Gasteiger partial charge in [-0.1, -0.05) is 46.1 Å². The molecule has 0 fully saturated rings. The maximum atomic E-state index is 12.2. The molecule has 2 rings (SSSR count). The maximum Gasteiger partial charge on any atom is 0.258 e. The molecule has 20 heavy (non-hydrogen) atoms. The number of nitrogens with zero attached hydrogens (tertiary/aromatic N) is 2. The topological polar surface area (TPSA) is 54.9 Å². The molecule has 1 heterocycles. The lowest BCUT2D eigenvalue weighted by molar-refractivity contribution is 0.102. The number of rotatable bonds is 3.